The van der Waals surface area contributed by atoms with Gasteiger partial charge in [0.15, 0.2) is 9.84 Å². The number of nitriles is 1. The molecule has 1 aliphatic carbocycles. The number of benzene rings is 1. The fourth-order valence-corrected chi connectivity index (χ4v) is 5.64. The lowest BCUT2D eigenvalue weighted by Gasteiger charge is -2.30. The number of hydrogen-bond acceptors (Lipinski definition) is 4. The minimum absolute atomic E-state index is 0.0318. The van der Waals surface area contributed by atoms with E-state index in [4.69, 9.17) is 5.26 Å². The van der Waals surface area contributed by atoms with Gasteiger partial charge in [-0.05, 0) is 70.4 Å². The van der Waals surface area contributed by atoms with E-state index in [2.05, 4.69) is 4.99 Å². The monoisotopic (exact) mass is 452 g/mol. The molecule has 1 heterocycles. The van der Waals surface area contributed by atoms with E-state index in [9.17, 15) is 21.6 Å². The average molecular weight is 453 g/mol. The summed E-state index contributed by atoms with van der Waals surface area (Å²) in [5.74, 6) is 0.0698. The quantitative estimate of drug-likeness (QED) is 0.589. The van der Waals surface area contributed by atoms with E-state index >= 15 is 0 Å². The molecule has 0 aromatic heterocycles. The maximum Gasteiger partial charge on any atom is 0.415 e. The summed E-state index contributed by atoms with van der Waals surface area (Å²) in [6.07, 6.45) is -2.13. The van der Waals surface area contributed by atoms with Crippen LogP contribution in [0.5, 0.6) is 0 Å². The predicted octanol–water partition coefficient (Wildman–Crippen LogP) is 5.70. The summed E-state index contributed by atoms with van der Waals surface area (Å²) in [5.41, 5.74) is 0.330. The molecular weight excluding hydrogens is 425 g/mol. The van der Waals surface area contributed by atoms with E-state index in [0.29, 0.717) is 37.0 Å². The SMILES string of the molecule is CC(C)(C)S(=O)(=O)CC1CCC(C2=NC(c3cccc(C#N)c3)=C(C(F)(F)F)C2)CC1. The van der Waals surface area contributed by atoms with Gasteiger partial charge in [0.25, 0.3) is 0 Å². The molecule has 4 nitrogen and oxygen atoms in total. The largest absolute Gasteiger partial charge is 0.415 e. The van der Waals surface area contributed by atoms with Crippen molar-refractivity contribution < 1.29 is 21.6 Å². The van der Waals surface area contributed by atoms with Gasteiger partial charge in [-0.15, -0.1) is 0 Å². The Morgan fingerprint density at radius 1 is 1.13 bits per heavy atom. The molecule has 0 unspecified atom stereocenters. The van der Waals surface area contributed by atoms with Gasteiger partial charge in [-0.2, -0.15) is 18.4 Å². The number of rotatable bonds is 4. The molecule has 8 heteroatoms. The lowest BCUT2D eigenvalue weighted by Crippen LogP contribution is -2.35. The molecule has 31 heavy (non-hydrogen) atoms. The first-order valence-corrected chi connectivity index (χ1v) is 12.1. The maximum absolute atomic E-state index is 13.7. The van der Waals surface area contributed by atoms with Crippen molar-refractivity contribution in [2.75, 3.05) is 5.75 Å². The van der Waals surface area contributed by atoms with Crippen molar-refractivity contribution in [1.29, 1.82) is 5.26 Å². The Labute approximate surface area is 181 Å². The van der Waals surface area contributed by atoms with Crippen LogP contribution in [0, 0.1) is 23.2 Å². The van der Waals surface area contributed by atoms with Crippen LogP contribution in [-0.4, -0.2) is 30.8 Å². The molecule has 3 rings (SSSR count). The standard InChI is InChI=1S/C23H27F3N2O2S/c1-22(2,3)31(29,30)14-15-7-9-17(10-8-15)20-12-19(23(24,25)26)21(28-20)18-6-4-5-16(11-18)13-27/h4-6,11,15,17H,7-10,12,14H2,1-3H3. The molecule has 168 valence electrons. The normalized spacial score (nSPS) is 22.9. The summed E-state index contributed by atoms with van der Waals surface area (Å²) in [7, 11) is -3.23. The molecule has 1 aromatic rings. The fourth-order valence-electron chi connectivity index (χ4n) is 4.18. The van der Waals surface area contributed by atoms with Gasteiger partial charge < -0.3 is 0 Å². The molecule has 1 aromatic carbocycles. The van der Waals surface area contributed by atoms with Crippen LogP contribution in [0.1, 0.15) is 64.0 Å². The Morgan fingerprint density at radius 2 is 1.77 bits per heavy atom. The van der Waals surface area contributed by atoms with Gasteiger partial charge in [0.1, 0.15) is 0 Å². The molecule has 0 spiro atoms. The molecule has 0 atom stereocenters. The van der Waals surface area contributed by atoms with Gasteiger partial charge in [0, 0.05) is 17.7 Å². The Morgan fingerprint density at radius 3 is 2.32 bits per heavy atom. The van der Waals surface area contributed by atoms with Gasteiger partial charge in [-0.25, -0.2) is 8.42 Å². The van der Waals surface area contributed by atoms with E-state index in [0.717, 1.165) is 0 Å². The van der Waals surface area contributed by atoms with Crippen molar-refractivity contribution in [1.82, 2.24) is 0 Å². The molecule has 2 aliphatic rings. The van der Waals surface area contributed by atoms with E-state index in [-0.39, 0.29) is 35.3 Å². The molecule has 0 saturated heterocycles. The number of nitrogens with zero attached hydrogens (tertiary/aromatic N) is 2. The third-order valence-corrected chi connectivity index (χ3v) is 8.99. The van der Waals surface area contributed by atoms with Crippen molar-refractivity contribution in [3.63, 3.8) is 0 Å². The summed E-state index contributed by atoms with van der Waals surface area (Å²) < 4.78 is 65.3. The van der Waals surface area contributed by atoms with Crippen LogP contribution in [-0.2, 0) is 9.84 Å². The van der Waals surface area contributed by atoms with E-state index in [1.54, 1.807) is 39.0 Å². The zero-order valence-electron chi connectivity index (χ0n) is 18.0. The number of halogens is 3. The van der Waals surface area contributed by atoms with Crippen LogP contribution in [0.4, 0.5) is 13.2 Å². The molecular formula is C23H27F3N2O2S. The number of alkyl halides is 3. The Bertz CT molecular complexity index is 1050. The Kier molecular flexibility index (Phi) is 6.39. The summed E-state index contributed by atoms with van der Waals surface area (Å²) in [6, 6.07) is 8.03. The van der Waals surface area contributed by atoms with Crippen molar-refractivity contribution in [2.24, 2.45) is 16.8 Å². The highest BCUT2D eigenvalue weighted by atomic mass is 32.2. The summed E-state index contributed by atoms with van der Waals surface area (Å²) in [4.78, 5) is 4.39. The highest BCUT2D eigenvalue weighted by molar-refractivity contribution is 7.92. The van der Waals surface area contributed by atoms with E-state index in [1.807, 2.05) is 6.07 Å². The minimum atomic E-state index is -4.50. The third-order valence-electron chi connectivity index (χ3n) is 6.21. The van der Waals surface area contributed by atoms with Crippen LogP contribution in [0.3, 0.4) is 0 Å². The van der Waals surface area contributed by atoms with Crippen LogP contribution >= 0.6 is 0 Å². The van der Waals surface area contributed by atoms with Crippen molar-refractivity contribution in [2.45, 2.75) is 63.8 Å². The van der Waals surface area contributed by atoms with E-state index < -0.39 is 26.3 Å². The predicted molar refractivity (Wildman–Crippen MR) is 115 cm³/mol. The molecule has 0 amide bonds. The molecule has 0 N–H and O–H groups in total. The summed E-state index contributed by atoms with van der Waals surface area (Å²) in [5, 5.41) is 9.08. The number of aliphatic imine (C=N–C) groups is 1. The average Bonchev–Trinajstić information content (AvgIpc) is 3.13. The van der Waals surface area contributed by atoms with Crippen molar-refractivity contribution >= 4 is 21.2 Å². The second-order valence-corrected chi connectivity index (χ2v) is 12.2. The third kappa shape index (κ3) is 5.20. The first-order valence-electron chi connectivity index (χ1n) is 10.4. The molecule has 1 saturated carbocycles. The van der Waals surface area contributed by atoms with Crippen LogP contribution in [0.15, 0.2) is 34.8 Å². The van der Waals surface area contributed by atoms with Gasteiger partial charge in [0.2, 0.25) is 0 Å². The maximum atomic E-state index is 13.7. The highest BCUT2D eigenvalue weighted by Crippen LogP contribution is 2.43. The summed E-state index contributed by atoms with van der Waals surface area (Å²) in [6.45, 7) is 5.07. The van der Waals surface area contributed by atoms with Gasteiger partial charge in [-0.1, -0.05) is 12.1 Å². The number of hydrogen-bond donors (Lipinski definition) is 0. The van der Waals surface area contributed by atoms with E-state index in [1.165, 1.54) is 6.07 Å². The molecule has 1 fully saturated rings. The smallest absolute Gasteiger partial charge is 0.256 e. The van der Waals surface area contributed by atoms with Crippen LogP contribution < -0.4 is 0 Å². The van der Waals surface area contributed by atoms with Gasteiger partial charge >= 0.3 is 6.18 Å². The lowest BCUT2D eigenvalue weighted by molar-refractivity contribution is -0.0917. The number of sulfone groups is 1. The van der Waals surface area contributed by atoms with Gasteiger partial charge in [0.05, 0.1) is 33.4 Å². The second-order valence-electron chi connectivity index (χ2n) is 9.41. The fraction of sp³-hybridized carbons (Fsp3) is 0.565. The van der Waals surface area contributed by atoms with Crippen molar-refractivity contribution in [3.05, 3.63) is 41.0 Å². The zero-order chi connectivity index (χ0) is 23.0. The number of allylic oxidation sites excluding steroid dienone is 1. The first-order chi connectivity index (χ1) is 14.3. The molecule has 1 aliphatic heterocycles. The Balaban J connectivity index is 1.76. The topological polar surface area (TPSA) is 70.3 Å². The van der Waals surface area contributed by atoms with Gasteiger partial charge in [-0.3, -0.25) is 4.99 Å². The van der Waals surface area contributed by atoms with Crippen molar-refractivity contribution in [3.8, 4) is 6.07 Å². The highest BCUT2D eigenvalue weighted by Gasteiger charge is 2.42. The first kappa shape index (κ1) is 23.5. The summed E-state index contributed by atoms with van der Waals surface area (Å²) >= 11 is 0. The molecule has 0 radical (unpaired) electrons. The zero-order valence-corrected chi connectivity index (χ0v) is 18.8. The lowest BCUT2D eigenvalue weighted by atomic mass is 9.79. The minimum Gasteiger partial charge on any atom is -0.256 e. The molecule has 0 bridgehead atoms. The Hall–Kier alpha value is -2.14. The second kappa shape index (κ2) is 8.42. The van der Waals surface area contributed by atoms with Crippen LogP contribution in [0.2, 0.25) is 0 Å². The van der Waals surface area contributed by atoms with Crippen LogP contribution in [0.25, 0.3) is 5.70 Å².